The second-order valence-corrected chi connectivity index (χ2v) is 4.88. The van der Waals surface area contributed by atoms with E-state index in [1.807, 2.05) is 13.0 Å². The maximum Gasteiger partial charge on any atom is 0.237 e. The van der Waals surface area contributed by atoms with Crippen LogP contribution in [0.2, 0.25) is 0 Å². The molecule has 1 aromatic rings. The van der Waals surface area contributed by atoms with E-state index in [-0.39, 0.29) is 29.8 Å². The molecule has 0 aromatic heterocycles. The van der Waals surface area contributed by atoms with Crippen molar-refractivity contribution in [3.63, 3.8) is 0 Å². The van der Waals surface area contributed by atoms with Crippen molar-refractivity contribution >= 4 is 5.91 Å². The third-order valence-corrected chi connectivity index (χ3v) is 3.47. The molecule has 3 unspecified atom stereocenters. The van der Waals surface area contributed by atoms with Gasteiger partial charge in [0.15, 0.2) is 0 Å². The Hall–Kier alpha value is -1.59. The van der Waals surface area contributed by atoms with Crippen LogP contribution in [-0.4, -0.2) is 36.8 Å². The highest BCUT2D eigenvalue weighted by Crippen LogP contribution is 2.18. The van der Waals surface area contributed by atoms with Gasteiger partial charge in [0.1, 0.15) is 5.75 Å². The smallest absolute Gasteiger partial charge is 0.237 e. The second kappa shape index (κ2) is 6.04. The van der Waals surface area contributed by atoms with Gasteiger partial charge >= 0.3 is 0 Å². The van der Waals surface area contributed by atoms with Crippen molar-refractivity contribution in [2.75, 3.05) is 13.7 Å². The van der Waals surface area contributed by atoms with Crippen molar-refractivity contribution in [2.45, 2.75) is 31.5 Å². The number of hydrogen-bond acceptors (Lipinski definition) is 4. The van der Waals surface area contributed by atoms with E-state index in [0.29, 0.717) is 13.0 Å². The van der Waals surface area contributed by atoms with Crippen LogP contribution in [0.3, 0.4) is 0 Å². The van der Waals surface area contributed by atoms with Crippen molar-refractivity contribution < 1.29 is 14.6 Å². The molecule has 5 nitrogen and oxygen atoms in total. The second-order valence-electron chi connectivity index (χ2n) is 4.88. The summed E-state index contributed by atoms with van der Waals surface area (Å²) in [6.07, 6.45) is 0.793. The average molecular weight is 264 g/mol. The Bertz CT molecular complexity index is 450. The van der Waals surface area contributed by atoms with E-state index < -0.39 is 0 Å². The molecule has 5 heteroatoms. The van der Waals surface area contributed by atoms with E-state index >= 15 is 0 Å². The van der Waals surface area contributed by atoms with E-state index in [4.69, 9.17) is 4.74 Å². The van der Waals surface area contributed by atoms with Gasteiger partial charge in [0.05, 0.1) is 18.2 Å². The van der Waals surface area contributed by atoms with E-state index in [1.165, 1.54) is 0 Å². The molecule has 0 bridgehead atoms. The van der Waals surface area contributed by atoms with Crippen molar-refractivity contribution in [1.82, 2.24) is 10.6 Å². The van der Waals surface area contributed by atoms with Gasteiger partial charge in [-0.1, -0.05) is 12.1 Å². The number of carbonyl (C=O) groups is 1. The molecule has 0 spiro atoms. The van der Waals surface area contributed by atoms with Gasteiger partial charge < -0.3 is 20.5 Å². The summed E-state index contributed by atoms with van der Waals surface area (Å²) in [5.74, 6) is 0.174. The zero-order chi connectivity index (χ0) is 13.8. The molecule has 1 aromatic carbocycles. The Balaban J connectivity index is 1.92. The Labute approximate surface area is 113 Å². The lowest BCUT2D eigenvalue weighted by Gasteiger charge is -2.17. The summed E-state index contributed by atoms with van der Waals surface area (Å²) in [6, 6.07) is 6.57. The molecular formula is C14H20N2O3. The van der Waals surface area contributed by atoms with Crippen LogP contribution in [0, 0.1) is 0 Å². The monoisotopic (exact) mass is 264 g/mol. The molecule has 104 valence electrons. The summed E-state index contributed by atoms with van der Waals surface area (Å²) in [5.41, 5.74) is 0.884. The zero-order valence-electron chi connectivity index (χ0n) is 11.2. The van der Waals surface area contributed by atoms with Crippen molar-refractivity contribution in [2.24, 2.45) is 0 Å². The molecule has 1 amide bonds. The third kappa shape index (κ3) is 3.45. The van der Waals surface area contributed by atoms with Crippen LogP contribution in [0.5, 0.6) is 5.75 Å². The summed E-state index contributed by atoms with van der Waals surface area (Å²) in [7, 11) is 1.65. The average Bonchev–Trinajstić information content (AvgIpc) is 2.87. The Morgan fingerprint density at radius 2 is 2.37 bits per heavy atom. The highest BCUT2D eigenvalue weighted by Gasteiger charge is 2.29. The highest BCUT2D eigenvalue weighted by molar-refractivity contribution is 5.82. The number of ether oxygens (including phenoxy) is 1. The molecule has 1 saturated heterocycles. The summed E-state index contributed by atoms with van der Waals surface area (Å²) in [4.78, 5) is 12.1. The number of benzene rings is 1. The number of hydrogen-bond donors (Lipinski definition) is 3. The van der Waals surface area contributed by atoms with Crippen molar-refractivity contribution in [3.05, 3.63) is 29.8 Å². The molecule has 0 saturated carbocycles. The first kappa shape index (κ1) is 13.8. The topological polar surface area (TPSA) is 70.6 Å². The maximum atomic E-state index is 12.1. The summed E-state index contributed by atoms with van der Waals surface area (Å²) < 4.78 is 5.22. The Morgan fingerprint density at radius 3 is 3.00 bits per heavy atom. The van der Waals surface area contributed by atoms with E-state index in [1.54, 1.807) is 25.3 Å². The number of phenols is 1. The van der Waals surface area contributed by atoms with Gasteiger partial charge in [-0.2, -0.15) is 0 Å². The minimum Gasteiger partial charge on any atom is -0.508 e. The number of carbonyl (C=O) groups excluding carboxylic acids is 1. The predicted molar refractivity (Wildman–Crippen MR) is 71.9 cm³/mol. The van der Waals surface area contributed by atoms with Gasteiger partial charge in [0, 0.05) is 13.7 Å². The first-order valence-electron chi connectivity index (χ1n) is 6.45. The molecule has 1 aliphatic rings. The molecule has 19 heavy (non-hydrogen) atoms. The predicted octanol–water partition coefficient (Wildman–Crippen LogP) is 0.946. The molecule has 3 N–H and O–H groups in total. The highest BCUT2D eigenvalue weighted by atomic mass is 16.5. The van der Waals surface area contributed by atoms with Gasteiger partial charge in [-0.25, -0.2) is 0 Å². The van der Waals surface area contributed by atoms with Gasteiger partial charge in [-0.15, -0.1) is 0 Å². The van der Waals surface area contributed by atoms with Crippen LogP contribution in [-0.2, 0) is 9.53 Å². The number of nitrogens with one attached hydrogen (secondary N) is 2. The standard InChI is InChI=1S/C14H20N2O3/c1-9(10-4-3-5-11(17)6-10)16-14(18)13-7-12(19-2)8-15-13/h3-6,9,12-13,15,17H,7-8H2,1-2H3,(H,16,18). The van der Waals surface area contributed by atoms with Gasteiger partial charge in [0.2, 0.25) is 5.91 Å². The number of phenolic OH excluding ortho intramolecular Hbond substituents is 1. The lowest BCUT2D eigenvalue weighted by atomic mass is 10.1. The number of methoxy groups -OCH3 is 1. The number of amides is 1. The van der Waals surface area contributed by atoms with Crippen molar-refractivity contribution in [3.8, 4) is 5.75 Å². The van der Waals surface area contributed by atoms with Crippen LogP contribution in [0.25, 0.3) is 0 Å². The van der Waals surface area contributed by atoms with Crippen LogP contribution in [0.1, 0.15) is 24.9 Å². The molecule has 3 atom stereocenters. The normalized spacial score (nSPS) is 24.1. The molecule has 1 fully saturated rings. The minimum atomic E-state index is -0.204. The minimum absolute atomic E-state index is 0.0320. The Morgan fingerprint density at radius 1 is 1.58 bits per heavy atom. The summed E-state index contributed by atoms with van der Waals surface area (Å²) in [6.45, 7) is 2.60. The maximum absolute atomic E-state index is 12.1. The lowest BCUT2D eigenvalue weighted by Crippen LogP contribution is -2.41. The molecule has 1 heterocycles. The molecule has 0 radical (unpaired) electrons. The van der Waals surface area contributed by atoms with E-state index in [2.05, 4.69) is 10.6 Å². The van der Waals surface area contributed by atoms with Crippen LogP contribution < -0.4 is 10.6 Å². The lowest BCUT2D eigenvalue weighted by molar-refractivity contribution is -0.123. The van der Waals surface area contributed by atoms with Gasteiger partial charge in [0.25, 0.3) is 0 Å². The number of aromatic hydroxyl groups is 1. The first-order valence-corrected chi connectivity index (χ1v) is 6.45. The SMILES string of the molecule is COC1CNC(C(=O)NC(C)c2cccc(O)c2)C1. The first-order chi connectivity index (χ1) is 9.10. The van der Waals surface area contributed by atoms with Gasteiger partial charge in [-0.05, 0) is 31.0 Å². The Kier molecular flexibility index (Phi) is 4.39. The number of rotatable bonds is 4. The molecule has 0 aliphatic carbocycles. The van der Waals surface area contributed by atoms with E-state index in [0.717, 1.165) is 5.56 Å². The van der Waals surface area contributed by atoms with Gasteiger partial charge in [-0.3, -0.25) is 4.79 Å². The largest absolute Gasteiger partial charge is 0.508 e. The third-order valence-electron chi connectivity index (χ3n) is 3.47. The fourth-order valence-corrected chi connectivity index (χ4v) is 2.27. The van der Waals surface area contributed by atoms with Crippen molar-refractivity contribution in [1.29, 1.82) is 0 Å². The summed E-state index contributed by atoms with van der Waals surface area (Å²) >= 11 is 0. The molecule has 2 rings (SSSR count). The fourth-order valence-electron chi connectivity index (χ4n) is 2.27. The quantitative estimate of drug-likeness (QED) is 0.757. The zero-order valence-corrected chi connectivity index (χ0v) is 11.2. The molecular weight excluding hydrogens is 244 g/mol. The molecule has 1 aliphatic heterocycles. The summed E-state index contributed by atoms with van der Waals surface area (Å²) in [5, 5.41) is 15.5. The van der Waals surface area contributed by atoms with E-state index in [9.17, 15) is 9.90 Å². The van der Waals surface area contributed by atoms with Crippen LogP contribution >= 0.6 is 0 Å². The van der Waals surface area contributed by atoms with Crippen LogP contribution in [0.15, 0.2) is 24.3 Å². The van der Waals surface area contributed by atoms with Crippen LogP contribution in [0.4, 0.5) is 0 Å². The fraction of sp³-hybridized carbons (Fsp3) is 0.500.